The molecule has 0 aromatic heterocycles. The van der Waals surface area contributed by atoms with Crippen LogP contribution in [0.5, 0.6) is 0 Å². The number of rotatable bonds is 1. The minimum absolute atomic E-state index is 0.712. The fourth-order valence-electron chi connectivity index (χ4n) is 0.986. The normalized spacial score (nSPS) is 11.1. The molecule has 0 atom stereocenters. The fourth-order valence-corrected chi connectivity index (χ4v) is 1.97. The van der Waals surface area contributed by atoms with Crippen molar-refractivity contribution in [3.05, 3.63) is 29.1 Å². The quantitative estimate of drug-likeness (QED) is 0.300. The van der Waals surface area contributed by atoms with E-state index in [0.717, 1.165) is 0 Å². The molecule has 0 heterocycles. The second-order valence-corrected chi connectivity index (χ2v) is 5.05. The first kappa shape index (κ1) is 11.4. The molecule has 0 bridgehead atoms. The summed E-state index contributed by atoms with van der Waals surface area (Å²) >= 11 is 0. The molecule has 1 aromatic carbocycles. The summed E-state index contributed by atoms with van der Waals surface area (Å²) in [5.74, 6) is -9.32. The number of benzene rings is 1. The van der Waals surface area contributed by atoms with Crippen molar-refractivity contribution in [2.75, 3.05) is 13.3 Å². The summed E-state index contributed by atoms with van der Waals surface area (Å²) in [5, 5.41) is -0.712. The Bertz CT molecular complexity index is 345. The van der Waals surface area contributed by atoms with E-state index in [-0.39, 0.29) is 0 Å². The van der Waals surface area contributed by atoms with Crippen molar-refractivity contribution < 1.29 is 22.0 Å². The Balaban J connectivity index is 3.60. The Kier molecular flexibility index (Phi) is 3.10. The van der Waals surface area contributed by atoms with Gasteiger partial charge in [-0.05, 0) is 13.3 Å². The van der Waals surface area contributed by atoms with Crippen molar-refractivity contribution in [2.24, 2.45) is 0 Å². The van der Waals surface area contributed by atoms with Crippen LogP contribution in [0.3, 0.4) is 0 Å². The van der Waals surface area contributed by atoms with Gasteiger partial charge < -0.3 is 0 Å². The van der Waals surface area contributed by atoms with E-state index in [1.165, 1.54) is 13.3 Å². The molecule has 6 heteroatoms. The highest BCUT2D eigenvalue weighted by Crippen LogP contribution is 2.30. The number of halogens is 5. The predicted molar refractivity (Wildman–Crippen MR) is 44.6 cm³/mol. The maximum Gasteiger partial charge on any atom is 0.200 e. The third kappa shape index (κ3) is 1.61. The zero-order valence-electron chi connectivity index (χ0n) is 7.34. The van der Waals surface area contributed by atoms with Gasteiger partial charge in [0, 0.05) is 0 Å². The largest absolute Gasteiger partial charge is 0.203 e. The molecule has 0 nitrogen and oxygen atoms in total. The van der Waals surface area contributed by atoms with Gasteiger partial charge in [0.2, 0.25) is 5.82 Å². The van der Waals surface area contributed by atoms with E-state index in [4.69, 9.17) is 0 Å². The highest BCUT2D eigenvalue weighted by Gasteiger charge is 2.26. The van der Waals surface area contributed by atoms with Crippen LogP contribution in [0, 0.1) is 29.1 Å². The Labute approximate surface area is 78.5 Å². The molecule has 0 amide bonds. The summed E-state index contributed by atoms with van der Waals surface area (Å²) in [6.07, 6.45) is 0. The molecule has 0 aliphatic heterocycles. The summed E-state index contributed by atoms with van der Waals surface area (Å²) < 4.78 is 63.7. The summed E-state index contributed by atoms with van der Waals surface area (Å²) in [6.45, 7) is 2.82. The molecular weight excluding hydrogens is 222 g/mol. The Morgan fingerprint density at radius 1 is 0.643 bits per heavy atom. The van der Waals surface area contributed by atoms with E-state index in [1.54, 1.807) is 0 Å². The van der Waals surface area contributed by atoms with Crippen LogP contribution in [0.25, 0.3) is 0 Å². The lowest BCUT2D eigenvalue weighted by Gasteiger charge is -2.10. The summed E-state index contributed by atoms with van der Waals surface area (Å²) in [6, 6.07) is 0. The van der Waals surface area contributed by atoms with Crippen LogP contribution in [0.2, 0.25) is 0 Å². The minimum Gasteiger partial charge on any atom is -0.203 e. The first-order chi connectivity index (χ1) is 6.37. The van der Waals surface area contributed by atoms with Gasteiger partial charge in [-0.2, -0.15) is 0 Å². The fraction of sp³-hybridized carbons (Fsp3) is 0.250. The predicted octanol–water partition coefficient (Wildman–Crippen LogP) is 2.75. The maximum atomic E-state index is 12.9. The topological polar surface area (TPSA) is 0 Å². The van der Waals surface area contributed by atoms with Gasteiger partial charge in [-0.15, -0.1) is 0 Å². The Morgan fingerprint density at radius 2 is 0.929 bits per heavy atom. The van der Waals surface area contributed by atoms with Gasteiger partial charge in [-0.3, -0.25) is 0 Å². The molecule has 0 aliphatic rings. The lowest BCUT2D eigenvalue weighted by molar-refractivity contribution is 0.384. The number of hydrogen-bond donors (Lipinski definition) is 0. The van der Waals surface area contributed by atoms with E-state index < -0.39 is 42.3 Å². The van der Waals surface area contributed by atoms with Crippen molar-refractivity contribution in [3.8, 4) is 0 Å². The van der Waals surface area contributed by atoms with Crippen molar-refractivity contribution in [2.45, 2.75) is 0 Å². The average molecular weight is 228 g/mol. The highest BCUT2D eigenvalue weighted by molar-refractivity contribution is 7.64. The minimum atomic E-state index is -2.11. The van der Waals surface area contributed by atoms with Crippen molar-refractivity contribution in [1.29, 1.82) is 0 Å². The van der Waals surface area contributed by atoms with Gasteiger partial charge in [0.1, 0.15) is 0 Å². The molecule has 0 saturated heterocycles. The number of hydrogen-bond acceptors (Lipinski definition) is 0. The van der Waals surface area contributed by atoms with Crippen LogP contribution in [-0.2, 0) is 0 Å². The summed E-state index contributed by atoms with van der Waals surface area (Å²) in [5.41, 5.74) is 0. The molecule has 0 radical (unpaired) electrons. The van der Waals surface area contributed by atoms with Gasteiger partial charge in [0.15, 0.2) is 23.3 Å². The molecule has 78 valence electrons. The molecule has 0 saturated carbocycles. The molecular formula is C8H6F5P. The molecule has 14 heavy (non-hydrogen) atoms. The van der Waals surface area contributed by atoms with Gasteiger partial charge in [0.05, 0.1) is 5.30 Å². The lowest BCUT2D eigenvalue weighted by Crippen LogP contribution is -2.18. The average Bonchev–Trinajstić information content (AvgIpc) is 2.11. The molecule has 0 fully saturated rings. The first-order valence-electron chi connectivity index (χ1n) is 3.56. The second-order valence-electron chi connectivity index (χ2n) is 2.81. The Hall–Kier alpha value is -0.700. The maximum absolute atomic E-state index is 12.9. The van der Waals surface area contributed by atoms with Crippen LogP contribution in [0.1, 0.15) is 0 Å². The summed E-state index contributed by atoms with van der Waals surface area (Å²) in [7, 11) is -1.38. The zero-order valence-corrected chi connectivity index (χ0v) is 8.23. The lowest BCUT2D eigenvalue weighted by atomic mass is 10.3. The van der Waals surface area contributed by atoms with Crippen LogP contribution in [-0.4, -0.2) is 13.3 Å². The zero-order chi connectivity index (χ0) is 11.0. The van der Waals surface area contributed by atoms with Crippen LogP contribution < -0.4 is 5.30 Å². The highest BCUT2D eigenvalue weighted by atomic mass is 31.1. The smallest absolute Gasteiger partial charge is 0.200 e. The molecule has 1 aromatic rings. The molecule has 0 N–H and O–H groups in total. The third-order valence-electron chi connectivity index (χ3n) is 1.63. The van der Waals surface area contributed by atoms with E-state index >= 15 is 0 Å². The van der Waals surface area contributed by atoms with Crippen LogP contribution in [0.4, 0.5) is 22.0 Å². The van der Waals surface area contributed by atoms with Gasteiger partial charge in [-0.1, -0.05) is 7.92 Å². The third-order valence-corrected chi connectivity index (χ3v) is 2.92. The van der Waals surface area contributed by atoms with Crippen LogP contribution in [0.15, 0.2) is 0 Å². The van der Waals surface area contributed by atoms with Gasteiger partial charge in [-0.25, -0.2) is 22.0 Å². The SMILES string of the molecule is CP(C)c1c(F)c(F)c(F)c(F)c1F. The van der Waals surface area contributed by atoms with E-state index in [0.29, 0.717) is 0 Å². The van der Waals surface area contributed by atoms with Crippen molar-refractivity contribution in [3.63, 3.8) is 0 Å². The monoisotopic (exact) mass is 228 g/mol. The first-order valence-corrected chi connectivity index (χ1v) is 5.80. The molecule has 0 aliphatic carbocycles. The Morgan fingerprint density at radius 3 is 1.21 bits per heavy atom. The van der Waals surface area contributed by atoms with Crippen LogP contribution >= 0.6 is 7.92 Å². The van der Waals surface area contributed by atoms with Gasteiger partial charge >= 0.3 is 0 Å². The van der Waals surface area contributed by atoms with E-state index in [1.807, 2.05) is 0 Å². The van der Waals surface area contributed by atoms with Crippen molar-refractivity contribution >= 4 is 13.2 Å². The van der Waals surface area contributed by atoms with Gasteiger partial charge in [0.25, 0.3) is 0 Å². The molecule has 1 rings (SSSR count). The second kappa shape index (κ2) is 3.81. The standard InChI is InChI=1S/C8H6F5P/c1-14(2)8-6(12)4(10)3(9)5(11)7(8)13/h1-2H3. The van der Waals surface area contributed by atoms with E-state index in [9.17, 15) is 22.0 Å². The summed E-state index contributed by atoms with van der Waals surface area (Å²) in [4.78, 5) is 0. The van der Waals surface area contributed by atoms with E-state index in [2.05, 4.69) is 0 Å². The van der Waals surface area contributed by atoms with Crippen molar-refractivity contribution in [1.82, 2.24) is 0 Å². The molecule has 0 spiro atoms. The molecule has 0 unspecified atom stereocenters.